The van der Waals surface area contributed by atoms with E-state index in [-0.39, 0.29) is 0 Å². The third kappa shape index (κ3) is 2.22. The molecule has 0 spiro atoms. The van der Waals surface area contributed by atoms with Gasteiger partial charge in [0.25, 0.3) is 0 Å². The molecule has 1 unspecified atom stereocenters. The Morgan fingerprint density at radius 3 is 2.10 bits per heavy atom. The van der Waals surface area contributed by atoms with Crippen LogP contribution in [0.1, 0.15) is 18.9 Å². The number of fused-ring (bicyclic) bond motifs is 3. The molecule has 0 amide bonds. The van der Waals surface area contributed by atoms with Gasteiger partial charge >= 0.3 is 0 Å². The van der Waals surface area contributed by atoms with E-state index in [1.165, 1.54) is 34.6 Å². The summed E-state index contributed by atoms with van der Waals surface area (Å²) in [6.45, 7) is 2.13. The Labute approximate surface area is 133 Å². The fraction of sp³-hybridized carbons (Fsp3) is 0.294. The Morgan fingerprint density at radius 1 is 0.952 bits per heavy atom. The maximum Gasteiger partial charge on any atom is 0.0495 e. The molecule has 2 aromatic carbocycles. The highest BCUT2D eigenvalue weighted by molar-refractivity contribution is 6.33. The molecule has 0 aliphatic carbocycles. The second-order valence-corrected chi connectivity index (χ2v) is 6.57. The zero-order valence-corrected chi connectivity index (χ0v) is 13.1. The van der Waals surface area contributed by atoms with Gasteiger partial charge in [0.1, 0.15) is 0 Å². The van der Waals surface area contributed by atoms with Crippen LogP contribution in [0.4, 0.5) is 0 Å². The fourth-order valence-electron chi connectivity index (χ4n) is 3.45. The van der Waals surface area contributed by atoms with E-state index in [0.717, 1.165) is 23.1 Å². The van der Waals surface area contributed by atoms with E-state index in [2.05, 4.69) is 22.0 Å². The van der Waals surface area contributed by atoms with Gasteiger partial charge in [0.05, 0.1) is 0 Å². The number of hydrogen-bond donors (Lipinski definition) is 1. The number of hydrogen-bond acceptors (Lipinski definition) is 1. The third-order valence-electron chi connectivity index (χ3n) is 4.36. The lowest BCUT2D eigenvalue weighted by atomic mass is 10.1. The molecule has 0 saturated carbocycles. The van der Waals surface area contributed by atoms with Crippen molar-refractivity contribution in [2.75, 3.05) is 13.1 Å². The van der Waals surface area contributed by atoms with Crippen molar-refractivity contribution in [2.45, 2.75) is 18.9 Å². The highest BCUT2D eigenvalue weighted by Crippen LogP contribution is 2.36. The largest absolute Gasteiger partial charge is 0.336 e. The number of nitrogens with one attached hydrogen (secondary N) is 1. The lowest BCUT2D eigenvalue weighted by Crippen LogP contribution is -2.31. The minimum atomic E-state index is 0.487. The van der Waals surface area contributed by atoms with Crippen LogP contribution in [-0.2, 0) is 0 Å². The molecule has 3 aromatic rings. The summed E-state index contributed by atoms with van der Waals surface area (Å²) in [6.07, 6.45) is 2.42. The first-order valence-electron chi connectivity index (χ1n) is 7.33. The molecule has 21 heavy (non-hydrogen) atoms. The third-order valence-corrected chi connectivity index (χ3v) is 4.83. The first-order valence-corrected chi connectivity index (χ1v) is 8.09. The van der Waals surface area contributed by atoms with Crippen molar-refractivity contribution < 1.29 is 0 Å². The first-order chi connectivity index (χ1) is 10.2. The topological polar surface area (TPSA) is 17.0 Å². The highest BCUT2D eigenvalue weighted by Gasteiger charge is 2.20. The number of benzene rings is 2. The summed E-state index contributed by atoms with van der Waals surface area (Å²) < 4.78 is 2.45. The Morgan fingerprint density at radius 2 is 1.57 bits per heavy atom. The monoisotopic (exact) mass is 318 g/mol. The van der Waals surface area contributed by atoms with Crippen molar-refractivity contribution >= 4 is 45.0 Å². The summed E-state index contributed by atoms with van der Waals surface area (Å²) in [4.78, 5) is 0. The Bertz CT molecular complexity index is 757. The SMILES string of the molecule is Clc1ccc2c(c1)c1cc(Cl)ccc1n2C1CCCNC1. The van der Waals surface area contributed by atoms with Gasteiger partial charge in [-0.1, -0.05) is 23.2 Å². The Balaban J connectivity index is 2.06. The number of aromatic nitrogens is 1. The van der Waals surface area contributed by atoms with Gasteiger partial charge in [0.15, 0.2) is 0 Å². The van der Waals surface area contributed by atoms with E-state index >= 15 is 0 Å². The second-order valence-electron chi connectivity index (χ2n) is 5.69. The number of halogens is 2. The molecule has 1 aliphatic heterocycles. The molecule has 1 N–H and O–H groups in total. The van der Waals surface area contributed by atoms with Gasteiger partial charge in [0.2, 0.25) is 0 Å². The maximum absolute atomic E-state index is 6.20. The minimum Gasteiger partial charge on any atom is -0.336 e. The number of nitrogens with zero attached hydrogens (tertiary/aromatic N) is 1. The van der Waals surface area contributed by atoms with Crippen LogP contribution in [0.15, 0.2) is 36.4 Å². The molecule has 1 saturated heterocycles. The van der Waals surface area contributed by atoms with Gasteiger partial charge in [-0.15, -0.1) is 0 Å². The molecule has 1 aliphatic rings. The number of rotatable bonds is 1. The van der Waals surface area contributed by atoms with E-state index in [4.69, 9.17) is 23.2 Å². The fourth-order valence-corrected chi connectivity index (χ4v) is 3.79. The maximum atomic E-state index is 6.20. The van der Waals surface area contributed by atoms with E-state index in [9.17, 15) is 0 Å². The van der Waals surface area contributed by atoms with Gasteiger partial charge in [-0.05, 0) is 55.8 Å². The molecular formula is C17H16Cl2N2. The lowest BCUT2D eigenvalue weighted by molar-refractivity contribution is 0.386. The summed E-state index contributed by atoms with van der Waals surface area (Å²) in [5.74, 6) is 0. The van der Waals surface area contributed by atoms with Gasteiger partial charge < -0.3 is 9.88 Å². The van der Waals surface area contributed by atoms with E-state index in [0.29, 0.717) is 6.04 Å². The molecule has 1 fully saturated rings. The van der Waals surface area contributed by atoms with E-state index in [1.807, 2.05) is 24.3 Å². The van der Waals surface area contributed by atoms with Crippen molar-refractivity contribution in [3.63, 3.8) is 0 Å². The second kappa shape index (κ2) is 5.20. The smallest absolute Gasteiger partial charge is 0.0495 e. The van der Waals surface area contributed by atoms with Crippen molar-refractivity contribution in [2.24, 2.45) is 0 Å². The van der Waals surface area contributed by atoms with Crippen LogP contribution in [-0.4, -0.2) is 17.7 Å². The zero-order chi connectivity index (χ0) is 14.4. The lowest BCUT2D eigenvalue weighted by Gasteiger charge is -2.26. The van der Waals surface area contributed by atoms with Gasteiger partial charge in [-0.25, -0.2) is 0 Å². The molecule has 108 valence electrons. The molecule has 0 bridgehead atoms. The Hall–Kier alpha value is -1.22. The first kappa shape index (κ1) is 13.4. The molecule has 4 rings (SSSR count). The summed E-state index contributed by atoms with van der Waals surface area (Å²) in [6, 6.07) is 12.8. The predicted octanol–water partition coefficient (Wildman–Crippen LogP) is 5.03. The standard InChI is InChI=1S/C17H16Cl2N2/c18-11-3-5-16-14(8-11)15-9-12(19)4-6-17(15)21(16)13-2-1-7-20-10-13/h3-6,8-9,13,20H,1-2,7,10H2. The summed E-state index contributed by atoms with van der Waals surface area (Å²) in [5.41, 5.74) is 2.48. The number of piperidine rings is 1. The van der Waals surface area contributed by atoms with Crippen LogP contribution in [0.5, 0.6) is 0 Å². The molecule has 0 radical (unpaired) electrons. The molecule has 2 nitrogen and oxygen atoms in total. The van der Waals surface area contributed by atoms with Crippen molar-refractivity contribution in [1.29, 1.82) is 0 Å². The summed E-state index contributed by atoms with van der Waals surface area (Å²) in [5, 5.41) is 7.41. The molecular weight excluding hydrogens is 303 g/mol. The van der Waals surface area contributed by atoms with Crippen LogP contribution >= 0.6 is 23.2 Å². The molecule has 2 heterocycles. The average molecular weight is 319 g/mol. The molecule has 4 heteroatoms. The minimum absolute atomic E-state index is 0.487. The van der Waals surface area contributed by atoms with Crippen LogP contribution in [0.2, 0.25) is 10.0 Å². The zero-order valence-electron chi connectivity index (χ0n) is 11.6. The van der Waals surface area contributed by atoms with Crippen molar-refractivity contribution in [3.8, 4) is 0 Å². The van der Waals surface area contributed by atoms with Gasteiger partial charge in [0, 0.05) is 44.4 Å². The van der Waals surface area contributed by atoms with Gasteiger partial charge in [-0.2, -0.15) is 0 Å². The van der Waals surface area contributed by atoms with Crippen LogP contribution in [0.3, 0.4) is 0 Å². The Kier molecular flexibility index (Phi) is 3.33. The normalized spacial score (nSPS) is 19.4. The van der Waals surface area contributed by atoms with Crippen molar-refractivity contribution in [3.05, 3.63) is 46.4 Å². The van der Waals surface area contributed by atoms with Gasteiger partial charge in [-0.3, -0.25) is 0 Å². The van der Waals surface area contributed by atoms with Crippen LogP contribution < -0.4 is 5.32 Å². The average Bonchev–Trinajstić information content (AvgIpc) is 2.81. The summed E-state index contributed by atoms with van der Waals surface area (Å²) >= 11 is 12.4. The van der Waals surface area contributed by atoms with E-state index < -0.39 is 0 Å². The highest BCUT2D eigenvalue weighted by atomic mass is 35.5. The van der Waals surface area contributed by atoms with E-state index in [1.54, 1.807) is 0 Å². The predicted molar refractivity (Wildman–Crippen MR) is 90.6 cm³/mol. The quantitative estimate of drug-likeness (QED) is 0.666. The molecule has 1 atom stereocenters. The van der Waals surface area contributed by atoms with Crippen LogP contribution in [0, 0.1) is 0 Å². The van der Waals surface area contributed by atoms with Crippen molar-refractivity contribution in [1.82, 2.24) is 9.88 Å². The molecule has 1 aromatic heterocycles. The summed E-state index contributed by atoms with van der Waals surface area (Å²) in [7, 11) is 0. The van der Waals surface area contributed by atoms with Crippen LogP contribution in [0.25, 0.3) is 21.8 Å².